The minimum Gasteiger partial charge on any atom is -0.497 e. The van der Waals surface area contributed by atoms with E-state index in [0.29, 0.717) is 17.8 Å². The smallest absolute Gasteiger partial charge is 0.119 e. The number of methoxy groups -OCH3 is 1. The summed E-state index contributed by atoms with van der Waals surface area (Å²) in [5, 5.41) is 11.2. The molecule has 1 heterocycles. The molecule has 0 aliphatic heterocycles. The summed E-state index contributed by atoms with van der Waals surface area (Å²) in [6.45, 7) is 2.31. The molecular formula is C24H30N2O2. The number of aromatic amines is 1. The van der Waals surface area contributed by atoms with Crippen LogP contribution in [0.15, 0.2) is 41.5 Å². The van der Waals surface area contributed by atoms with E-state index in [1.165, 1.54) is 24.0 Å². The van der Waals surface area contributed by atoms with Gasteiger partial charge in [-0.25, -0.2) is 0 Å². The summed E-state index contributed by atoms with van der Waals surface area (Å²) in [4.78, 5) is 7.97. The van der Waals surface area contributed by atoms with Gasteiger partial charge in [0.15, 0.2) is 0 Å². The molecule has 3 aliphatic rings. The molecule has 6 atom stereocenters. The van der Waals surface area contributed by atoms with Crippen molar-refractivity contribution in [1.82, 2.24) is 4.98 Å². The fourth-order valence-corrected chi connectivity index (χ4v) is 6.42. The normalized spacial score (nSPS) is 36.8. The molecule has 0 unspecified atom stereocenters. The second-order valence-electron chi connectivity index (χ2n) is 9.18. The average molecular weight is 379 g/mol. The van der Waals surface area contributed by atoms with Gasteiger partial charge in [-0.05, 0) is 90.7 Å². The van der Waals surface area contributed by atoms with Gasteiger partial charge in [0.1, 0.15) is 5.75 Å². The Bertz CT molecular complexity index is 875. The van der Waals surface area contributed by atoms with E-state index in [-0.39, 0.29) is 17.6 Å². The Kier molecular flexibility index (Phi) is 4.35. The molecule has 0 spiro atoms. The zero-order valence-electron chi connectivity index (χ0n) is 16.8. The van der Waals surface area contributed by atoms with Gasteiger partial charge in [0, 0.05) is 12.4 Å². The molecular weight excluding hydrogens is 348 g/mol. The van der Waals surface area contributed by atoms with Gasteiger partial charge in [0.2, 0.25) is 0 Å². The number of aromatic nitrogens is 1. The number of fused-ring (bicyclic) bond motifs is 5. The lowest BCUT2D eigenvalue weighted by atomic mass is 9.55. The highest BCUT2D eigenvalue weighted by molar-refractivity contribution is 5.77. The highest BCUT2D eigenvalue weighted by Crippen LogP contribution is 2.61. The largest absolute Gasteiger partial charge is 0.497 e. The second-order valence-corrected chi connectivity index (χ2v) is 9.18. The summed E-state index contributed by atoms with van der Waals surface area (Å²) < 4.78 is 5.44. The van der Waals surface area contributed by atoms with E-state index in [4.69, 9.17) is 9.73 Å². The first-order valence-corrected chi connectivity index (χ1v) is 10.6. The number of rotatable bonds is 3. The van der Waals surface area contributed by atoms with Crippen molar-refractivity contribution in [3.63, 3.8) is 0 Å². The van der Waals surface area contributed by atoms with E-state index in [1.54, 1.807) is 7.11 Å². The Morgan fingerprint density at radius 1 is 1.29 bits per heavy atom. The lowest BCUT2D eigenvalue weighted by Gasteiger charge is -2.50. The van der Waals surface area contributed by atoms with Gasteiger partial charge < -0.3 is 14.8 Å². The van der Waals surface area contributed by atoms with Gasteiger partial charge in [-0.3, -0.25) is 4.99 Å². The maximum atomic E-state index is 11.2. The Labute approximate surface area is 167 Å². The Morgan fingerprint density at radius 3 is 2.96 bits per heavy atom. The van der Waals surface area contributed by atoms with Crippen LogP contribution in [0.5, 0.6) is 5.75 Å². The predicted molar refractivity (Wildman–Crippen MR) is 111 cm³/mol. The molecule has 0 bridgehead atoms. The molecule has 2 aromatic rings. The zero-order valence-corrected chi connectivity index (χ0v) is 16.8. The number of nitrogens with zero attached hydrogens (tertiary/aromatic N) is 1. The van der Waals surface area contributed by atoms with E-state index in [1.807, 2.05) is 24.5 Å². The number of hydrogen-bond acceptors (Lipinski definition) is 3. The maximum absolute atomic E-state index is 11.2. The molecule has 5 rings (SSSR count). The number of nitrogens with one attached hydrogen (secondary N) is 1. The van der Waals surface area contributed by atoms with Crippen LogP contribution in [-0.2, 0) is 6.42 Å². The van der Waals surface area contributed by atoms with Gasteiger partial charge in [-0.2, -0.15) is 0 Å². The SMILES string of the molecule is COc1ccc2c(c1)CC[C@@H]1[C@@H]2CC[C@]2(C)[C@H](O)[C@H](N=Cc3ccc[nH]3)C[C@@H]12. The van der Waals surface area contributed by atoms with Crippen LogP contribution in [0.25, 0.3) is 0 Å². The van der Waals surface area contributed by atoms with Crippen LogP contribution < -0.4 is 4.74 Å². The van der Waals surface area contributed by atoms with E-state index in [9.17, 15) is 5.11 Å². The molecule has 0 radical (unpaired) electrons. The lowest BCUT2D eigenvalue weighted by molar-refractivity contribution is -0.0254. The first-order chi connectivity index (χ1) is 13.6. The molecule has 148 valence electrons. The number of H-pyrrole nitrogens is 1. The fourth-order valence-electron chi connectivity index (χ4n) is 6.42. The number of benzene rings is 1. The summed E-state index contributed by atoms with van der Waals surface area (Å²) in [6, 6.07) is 10.6. The monoisotopic (exact) mass is 378 g/mol. The molecule has 1 aromatic carbocycles. The summed E-state index contributed by atoms with van der Waals surface area (Å²) >= 11 is 0. The lowest BCUT2D eigenvalue weighted by Crippen LogP contribution is -2.44. The van der Waals surface area contributed by atoms with Crippen LogP contribution in [0, 0.1) is 17.3 Å². The Hall–Kier alpha value is -2.07. The predicted octanol–water partition coefficient (Wildman–Crippen LogP) is 4.34. The van der Waals surface area contributed by atoms with E-state index >= 15 is 0 Å². The molecule has 0 amide bonds. The maximum Gasteiger partial charge on any atom is 0.119 e. The molecule has 28 heavy (non-hydrogen) atoms. The van der Waals surface area contributed by atoms with Crippen LogP contribution in [0.2, 0.25) is 0 Å². The first kappa shape index (κ1) is 18.0. The molecule has 2 saturated carbocycles. The van der Waals surface area contributed by atoms with Crippen LogP contribution in [0.3, 0.4) is 0 Å². The summed E-state index contributed by atoms with van der Waals surface area (Å²) in [5.74, 6) is 2.78. The molecule has 2 N–H and O–H groups in total. The molecule has 4 nitrogen and oxygen atoms in total. The van der Waals surface area contributed by atoms with Crippen molar-refractivity contribution in [2.45, 2.75) is 57.1 Å². The van der Waals surface area contributed by atoms with Gasteiger partial charge in [-0.1, -0.05) is 13.0 Å². The minimum atomic E-state index is -0.345. The first-order valence-electron chi connectivity index (χ1n) is 10.6. The van der Waals surface area contributed by atoms with E-state index < -0.39 is 0 Å². The number of aliphatic imine (C=N–C) groups is 1. The number of aliphatic hydroxyl groups excluding tert-OH is 1. The summed E-state index contributed by atoms with van der Waals surface area (Å²) in [7, 11) is 1.74. The van der Waals surface area contributed by atoms with Crippen molar-refractivity contribution in [1.29, 1.82) is 0 Å². The van der Waals surface area contributed by atoms with Crippen molar-refractivity contribution in [2.75, 3.05) is 7.11 Å². The number of aryl methyl sites for hydroxylation is 1. The quantitative estimate of drug-likeness (QED) is 0.781. The molecule has 4 heteroatoms. The van der Waals surface area contributed by atoms with Crippen LogP contribution >= 0.6 is 0 Å². The van der Waals surface area contributed by atoms with Gasteiger partial charge in [0.25, 0.3) is 0 Å². The molecule has 0 saturated heterocycles. The summed E-state index contributed by atoms with van der Waals surface area (Å²) in [5.41, 5.74) is 3.98. The van der Waals surface area contributed by atoms with E-state index in [0.717, 1.165) is 30.7 Å². The van der Waals surface area contributed by atoms with Gasteiger partial charge >= 0.3 is 0 Å². The number of aliphatic hydroxyl groups is 1. The standard InChI is InChI=1S/C24H30N2O2/c1-24-10-9-19-18-8-6-17(28-2)12-15(18)5-7-20(19)21(24)13-22(23(24)27)26-14-16-4-3-11-25-16/h3-4,6,8,11-12,14,19-23,25,27H,5,7,9-10,13H2,1-2H3/t19-,20-,21+,22-,23-,24+/m1/s1. The average Bonchev–Trinajstić information content (AvgIpc) is 3.32. The summed E-state index contributed by atoms with van der Waals surface area (Å²) in [6.07, 6.45) is 9.04. The molecule has 2 fully saturated rings. The Morgan fingerprint density at radius 2 is 2.18 bits per heavy atom. The van der Waals surface area contributed by atoms with Gasteiger partial charge in [-0.15, -0.1) is 0 Å². The number of ether oxygens (including phenoxy) is 1. The van der Waals surface area contributed by atoms with Crippen molar-refractivity contribution in [3.05, 3.63) is 53.3 Å². The van der Waals surface area contributed by atoms with Crippen molar-refractivity contribution >= 4 is 6.21 Å². The third-order valence-electron chi connectivity index (χ3n) is 7.93. The third-order valence-corrected chi connectivity index (χ3v) is 7.93. The fraction of sp³-hybridized carbons (Fsp3) is 0.542. The molecule has 3 aliphatic carbocycles. The van der Waals surface area contributed by atoms with Crippen molar-refractivity contribution in [3.8, 4) is 5.75 Å². The number of hydrogen-bond donors (Lipinski definition) is 2. The van der Waals surface area contributed by atoms with E-state index in [2.05, 4.69) is 30.1 Å². The van der Waals surface area contributed by atoms with Crippen LogP contribution in [-0.4, -0.2) is 35.6 Å². The third kappa shape index (κ3) is 2.73. The van der Waals surface area contributed by atoms with Crippen LogP contribution in [0.1, 0.15) is 55.3 Å². The highest BCUT2D eigenvalue weighted by Gasteiger charge is 2.57. The van der Waals surface area contributed by atoms with Gasteiger partial charge in [0.05, 0.1) is 24.9 Å². The molecule has 1 aromatic heterocycles. The zero-order chi connectivity index (χ0) is 19.3. The van der Waals surface area contributed by atoms with Crippen LogP contribution in [0.4, 0.5) is 0 Å². The second kappa shape index (κ2) is 6.77. The Balaban J connectivity index is 1.41. The van der Waals surface area contributed by atoms with Crippen molar-refractivity contribution in [2.24, 2.45) is 22.2 Å². The van der Waals surface area contributed by atoms with Crippen molar-refractivity contribution < 1.29 is 9.84 Å². The topological polar surface area (TPSA) is 57.6 Å². The highest BCUT2D eigenvalue weighted by atomic mass is 16.5. The minimum absolute atomic E-state index is 0.00862.